The number of likely N-dealkylation sites (N-methyl/N-ethyl adjacent to an activating group) is 1. The Morgan fingerprint density at radius 1 is 1.02 bits per heavy atom. The monoisotopic (exact) mass is 567 g/mol. The summed E-state index contributed by atoms with van der Waals surface area (Å²) in [5.41, 5.74) is 1.77. The number of aromatic hydroxyl groups is 1. The number of aromatic nitrogens is 1. The molecule has 1 aliphatic rings. The smallest absolute Gasteiger partial charge is 0.271 e. The summed E-state index contributed by atoms with van der Waals surface area (Å²) in [6, 6.07) is 7.72. The zero-order chi connectivity index (χ0) is 29.1. The van der Waals surface area contributed by atoms with E-state index in [4.69, 9.17) is 23.9 Å². The number of phenolic OH excluding ortho intramolecular Hbond substituents is 1. The minimum absolute atomic E-state index is 0.135. The van der Waals surface area contributed by atoms with Gasteiger partial charge in [0.05, 0.1) is 44.2 Å². The summed E-state index contributed by atoms with van der Waals surface area (Å²) in [5.74, 6) is 1.14. The number of rotatable bonds is 9. The van der Waals surface area contributed by atoms with E-state index in [-0.39, 0.29) is 28.7 Å². The van der Waals surface area contributed by atoms with Crippen LogP contribution in [0.3, 0.4) is 0 Å². The van der Waals surface area contributed by atoms with E-state index in [1.807, 2.05) is 13.8 Å². The number of phenols is 1. The Labute approximate surface area is 236 Å². The van der Waals surface area contributed by atoms with Crippen LogP contribution < -0.4 is 33.8 Å². The minimum atomic E-state index is -0.805. The van der Waals surface area contributed by atoms with Crippen LogP contribution in [0.4, 0.5) is 0 Å². The van der Waals surface area contributed by atoms with Gasteiger partial charge in [0.15, 0.2) is 16.3 Å². The summed E-state index contributed by atoms with van der Waals surface area (Å²) in [5, 5.41) is 10.3. The van der Waals surface area contributed by atoms with Crippen molar-refractivity contribution in [2.24, 2.45) is 4.99 Å². The molecule has 1 amide bonds. The number of allylic oxidation sites excluding steroid dienone is 1. The Hall–Kier alpha value is -4.25. The number of ether oxygens (including phenoxy) is 4. The molecule has 0 saturated carbocycles. The van der Waals surface area contributed by atoms with Crippen LogP contribution in [-0.2, 0) is 4.79 Å². The van der Waals surface area contributed by atoms with Gasteiger partial charge in [-0.1, -0.05) is 11.3 Å². The van der Waals surface area contributed by atoms with Crippen molar-refractivity contribution in [3.63, 3.8) is 0 Å². The summed E-state index contributed by atoms with van der Waals surface area (Å²) in [4.78, 5) is 34.8. The van der Waals surface area contributed by atoms with Gasteiger partial charge in [0, 0.05) is 18.7 Å². The molecule has 0 spiro atoms. The van der Waals surface area contributed by atoms with Gasteiger partial charge in [0.1, 0.15) is 17.5 Å². The summed E-state index contributed by atoms with van der Waals surface area (Å²) in [6.45, 7) is 6.61. The molecule has 0 saturated heterocycles. The van der Waals surface area contributed by atoms with Crippen molar-refractivity contribution < 1.29 is 28.8 Å². The second-order valence-electron chi connectivity index (χ2n) is 8.94. The van der Waals surface area contributed by atoms with Crippen molar-refractivity contribution in [1.29, 1.82) is 0 Å². The Bertz CT molecular complexity index is 1630. The highest BCUT2D eigenvalue weighted by atomic mass is 32.1. The van der Waals surface area contributed by atoms with Gasteiger partial charge < -0.3 is 29.0 Å². The first kappa shape index (κ1) is 28.8. The van der Waals surface area contributed by atoms with Crippen molar-refractivity contribution >= 4 is 23.3 Å². The fourth-order valence-corrected chi connectivity index (χ4v) is 5.82. The third-order valence-corrected chi connectivity index (χ3v) is 7.82. The predicted octanol–water partition coefficient (Wildman–Crippen LogP) is 2.84. The number of methoxy groups -OCH3 is 4. The number of fused-ring (bicyclic) bond motifs is 1. The summed E-state index contributed by atoms with van der Waals surface area (Å²) in [7, 11) is 5.97. The molecule has 11 heteroatoms. The van der Waals surface area contributed by atoms with Crippen LogP contribution in [0.15, 0.2) is 51.4 Å². The summed E-state index contributed by atoms with van der Waals surface area (Å²) < 4.78 is 23.6. The normalized spacial score (nSPS) is 14.9. The van der Waals surface area contributed by atoms with Gasteiger partial charge in [-0.25, -0.2) is 4.99 Å². The Morgan fingerprint density at radius 3 is 2.20 bits per heavy atom. The third kappa shape index (κ3) is 5.04. The highest BCUT2D eigenvalue weighted by Gasteiger charge is 2.36. The number of carbonyl (C=O) groups is 1. The van der Waals surface area contributed by atoms with Gasteiger partial charge in [0.2, 0.25) is 5.75 Å². The zero-order valence-corrected chi connectivity index (χ0v) is 24.4. The number of benzene rings is 2. The number of hydrogen-bond donors (Lipinski definition) is 1. The van der Waals surface area contributed by atoms with Gasteiger partial charge in [0.25, 0.3) is 11.5 Å². The van der Waals surface area contributed by atoms with Gasteiger partial charge in [-0.05, 0) is 62.7 Å². The van der Waals surface area contributed by atoms with E-state index in [1.165, 1.54) is 30.1 Å². The van der Waals surface area contributed by atoms with E-state index in [0.717, 1.165) is 0 Å². The lowest BCUT2D eigenvalue weighted by Gasteiger charge is -2.30. The molecule has 40 heavy (non-hydrogen) atoms. The van der Waals surface area contributed by atoms with Gasteiger partial charge >= 0.3 is 0 Å². The second kappa shape index (κ2) is 11.9. The second-order valence-corrected chi connectivity index (χ2v) is 9.95. The lowest BCUT2D eigenvalue weighted by Crippen LogP contribution is -2.43. The van der Waals surface area contributed by atoms with Crippen LogP contribution in [0.2, 0.25) is 0 Å². The van der Waals surface area contributed by atoms with Crippen molar-refractivity contribution in [1.82, 2.24) is 9.47 Å². The highest BCUT2D eigenvalue weighted by molar-refractivity contribution is 7.07. The molecule has 0 aliphatic carbocycles. The van der Waals surface area contributed by atoms with Gasteiger partial charge in [-0.15, -0.1) is 0 Å². The first-order valence-electron chi connectivity index (χ1n) is 12.7. The van der Waals surface area contributed by atoms with Crippen molar-refractivity contribution in [3.05, 3.63) is 72.4 Å². The molecule has 3 aromatic rings. The van der Waals surface area contributed by atoms with E-state index < -0.39 is 6.04 Å². The van der Waals surface area contributed by atoms with Crippen LogP contribution in [0.25, 0.3) is 6.08 Å². The molecule has 1 aliphatic heterocycles. The number of thiazole rings is 1. The van der Waals surface area contributed by atoms with Crippen molar-refractivity contribution in [2.75, 3.05) is 41.5 Å². The molecule has 2 heterocycles. The lowest BCUT2D eigenvalue weighted by atomic mass is 9.93. The standard InChI is InChI=1S/C29H33N3O7S/c1-8-31(9-2)28(35)24-16(3)30-29-32(25(24)19-15-18(36-4)10-11-20(19)37-5)27(34)23(40-29)14-17-12-21(38-6)26(33)22(13-17)39-7/h10-15,25,33H,8-9H2,1-7H3/b23-14+/t25-/m0/s1. The Kier molecular flexibility index (Phi) is 8.53. The van der Waals surface area contributed by atoms with Crippen molar-refractivity contribution in [3.8, 4) is 28.7 Å². The fourth-order valence-electron chi connectivity index (χ4n) is 4.77. The Morgan fingerprint density at radius 2 is 1.65 bits per heavy atom. The molecule has 2 aromatic carbocycles. The maximum absolute atomic E-state index is 14.1. The molecule has 212 valence electrons. The first-order chi connectivity index (χ1) is 19.2. The molecule has 0 unspecified atom stereocenters. The SMILES string of the molecule is CCN(CC)C(=O)C1=C(C)N=c2s/c(=C/c3cc(OC)c(O)c(OC)c3)c(=O)n2[C@H]1c1cc(OC)ccc1OC. The summed E-state index contributed by atoms with van der Waals surface area (Å²) >= 11 is 1.20. The quantitative estimate of drug-likeness (QED) is 0.423. The maximum Gasteiger partial charge on any atom is 0.271 e. The number of nitrogens with zero attached hydrogens (tertiary/aromatic N) is 3. The molecule has 1 aromatic heterocycles. The fraction of sp³-hybridized carbons (Fsp3) is 0.345. The molecule has 1 atom stereocenters. The molecule has 1 N–H and O–H groups in total. The number of amides is 1. The number of hydrogen-bond acceptors (Lipinski definition) is 9. The van der Waals surface area contributed by atoms with E-state index in [9.17, 15) is 14.7 Å². The summed E-state index contributed by atoms with van der Waals surface area (Å²) in [6.07, 6.45) is 1.68. The lowest BCUT2D eigenvalue weighted by molar-refractivity contribution is -0.127. The molecule has 0 fully saturated rings. The number of carbonyl (C=O) groups excluding carboxylic acids is 1. The minimum Gasteiger partial charge on any atom is -0.502 e. The van der Waals surface area contributed by atoms with E-state index in [1.54, 1.807) is 62.5 Å². The molecule has 0 radical (unpaired) electrons. The van der Waals surface area contributed by atoms with Crippen molar-refractivity contribution in [2.45, 2.75) is 26.8 Å². The third-order valence-electron chi connectivity index (χ3n) is 6.83. The van der Waals surface area contributed by atoms with Gasteiger partial charge in [-0.2, -0.15) is 0 Å². The average Bonchev–Trinajstić information content (AvgIpc) is 3.26. The average molecular weight is 568 g/mol. The first-order valence-corrected chi connectivity index (χ1v) is 13.5. The highest BCUT2D eigenvalue weighted by Crippen LogP contribution is 2.39. The van der Waals surface area contributed by atoms with Crippen LogP contribution in [0, 0.1) is 0 Å². The Balaban J connectivity index is 2.03. The van der Waals surface area contributed by atoms with E-state index in [0.29, 0.717) is 56.3 Å². The molecule has 10 nitrogen and oxygen atoms in total. The molecular weight excluding hydrogens is 534 g/mol. The maximum atomic E-state index is 14.1. The molecule has 4 rings (SSSR count). The van der Waals surface area contributed by atoms with E-state index >= 15 is 0 Å². The predicted molar refractivity (Wildman–Crippen MR) is 152 cm³/mol. The molecule has 0 bridgehead atoms. The topological polar surface area (TPSA) is 112 Å². The zero-order valence-electron chi connectivity index (χ0n) is 23.6. The van der Waals surface area contributed by atoms with Crippen LogP contribution >= 0.6 is 11.3 Å². The largest absolute Gasteiger partial charge is 0.502 e. The van der Waals surface area contributed by atoms with Crippen LogP contribution in [0.1, 0.15) is 37.9 Å². The van der Waals surface area contributed by atoms with Crippen LogP contribution in [-0.4, -0.2) is 62.0 Å². The van der Waals surface area contributed by atoms with Gasteiger partial charge in [-0.3, -0.25) is 14.2 Å². The van der Waals surface area contributed by atoms with Crippen LogP contribution in [0.5, 0.6) is 28.7 Å². The van der Waals surface area contributed by atoms with E-state index in [2.05, 4.69) is 0 Å². The molecular formula is C29H33N3O7S.